The first-order valence-corrected chi connectivity index (χ1v) is 6.03. The first-order valence-electron chi connectivity index (χ1n) is 6.03. The highest BCUT2D eigenvalue weighted by molar-refractivity contribution is 5.96. The molecule has 0 aliphatic heterocycles. The van der Waals surface area contributed by atoms with Crippen molar-refractivity contribution in [1.29, 1.82) is 0 Å². The van der Waals surface area contributed by atoms with Crippen LogP contribution in [0.1, 0.15) is 15.9 Å². The summed E-state index contributed by atoms with van der Waals surface area (Å²) < 4.78 is 42.1. The Balaban J connectivity index is 2.25. The van der Waals surface area contributed by atoms with Crippen LogP contribution >= 0.6 is 0 Å². The summed E-state index contributed by atoms with van der Waals surface area (Å²) in [5, 5.41) is 2.90. The van der Waals surface area contributed by atoms with Crippen molar-refractivity contribution in [3.63, 3.8) is 0 Å². The molecule has 1 N–H and O–H groups in total. The first-order chi connectivity index (χ1) is 9.91. The van der Waals surface area contributed by atoms with Gasteiger partial charge in [0, 0.05) is 5.69 Å². The number of anilines is 2. The maximum Gasteiger partial charge on any atom is 0.416 e. The van der Waals surface area contributed by atoms with Gasteiger partial charge in [0.05, 0.1) is 23.9 Å². The predicted molar refractivity (Wildman–Crippen MR) is 72.5 cm³/mol. The van der Waals surface area contributed by atoms with Crippen LogP contribution in [-0.4, -0.2) is 13.1 Å². The fourth-order valence-electron chi connectivity index (χ4n) is 1.78. The van der Waals surface area contributed by atoms with Gasteiger partial charge in [-0.2, -0.15) is 13.2 Å². The Morgan fingerprint density at radius 3 is 2.24 bits per heavy atom. The highest BCUT2D eigenvalue weighted by Gasteiger charge is 2.29. The second-order valence-electron chi connectivity index (χ2n) is 4.24. The van der Waals surface area contributed by atoms with Gasteiger partial charge >= 0.3 is 12.1 Å². The third kappa shape index (κ3) is 3.53. The molecule has 0 saturated carbocycles. The molecule has 0 heterocycles. The Labute approximate surface area is 119 Å². The van der Waals surface area contributed by atoms with Gasteiger partial charge in [-0.3, -0.25) is 0 Å². The van der Waals surface area contributed by atoms with Gasteiger partial charge in [-0.1, -0.05) is 12.1 Å². The summed E-state index contributed by atoms with van der Waals surface area (Å²) in [6.07, 6.45) is -4.37. The van der Waals surface area contributed by atoms with Crippen LogP contribution in [0, 0.1) is 0 Å². The third-order valence-corrected chi connectivity index (χ3v) is 2.82. The largest absolute Gasteiger partial charge is 0.465 e. The zero-order valence-electron chi connectivity index (χ0n) is 11.1. The van der Waals surface area contributed by atoms with Crippen LogP contribution in [0.5, 0.6) is 0 Å². The lowest BCUT2D eigenvalue weighted by atomic mass is 10.1. The summed E-state index contributed by atoms with van der Waals surface area (Å²) in [5.74, 6) is -0.523. The lowest BCUT2D eigenvalue weighted by Gasteiger charge is -2.12. The molecule has 0 fully saturated rings. The van der Waals surface area contributed by atoms with Crippen molar-refractivity contribution in [2.45, 2.75) is 6.18 Å². The maximum atomic E-state index is 12.5. The fraction of sp³-hybridized carbons (Fsp3) is 0.133. The zero-order chi connectivity index (χ0) is 15.5. The Kier molecular flexibility index (Phi) is 4.16. The molecule has 0 aromatic heterocycles. The van der Waals surface area contributed by atoms with Crippen molar-refractivity contribution >= 4 is 17.3 Å². The predicted octanol–water partition coefficient (Wildman–Crippen LogP) is 4.24. The highest BCUT2D eigenvalue weighted by Crippen LogP contribution is 2.30. The van der Waals surface area contributed by atoms with E-state index in [2.05, 4.69) is 10.1 Å². The molecule has 0 atom stereocenters. The lowest BCUT2D eigenvalue weighted by Crippen LogP contribution is -2.06. The number of halogens is 3. The number of nitrogens with one attached hydrogen (secondary N) is 1. The Morgan fingerprint density at radius 1 is 1.05 bits per heavy atom. The summed E-state index contributed by atoms with van der Waals surface area (Å²) in [6, 6.07) is 11.1. The number of carbonyl (C=O) groups is 1. The fourth-order valence-corrected chi connectivity index (χ4v) is 1.78. The van der Waals surface area contributed by atoms with Crippen LogP contribution in [0.15, 0.2) is 48.5 Å². The molecule has 2 aromatic carbocycles. The van der Waals surface area contributed by atoms with Crippen LogP contribution in [0.2, 0.25) is 0 Å². The van der Waals surface area contributed by atoms with E-state index >= 15 is 0 Å². The van der Waals surface area contributed by atoms with E-state index in [1.807, 2.05) is 0 Å². The van der Waals surface area contributed by atoms with Gasteiger partial charge in [0.25, 0.3) is 0 Å². The van der Waals surface area contributed by atoms with Crippen LogP contribution in [0.25, 0.3) is 0 Å². The third-order valence-electron chi connectivity index (χ3n) is 2.82. The monoisotopic (exact) mass is 295 g/mol. The SMILES string of the molecule is COC(=O)c1ccccc1Nc1ccc(C(F)(F)F)cc1. The van der Waals surface area contributed by atoms with Crippen LogP contribution in [0.3, 0.4) is 0 Å². The molecular weight excluding hydrogens is 283 g/mol. The van der Waals surface area contributed by atoms with Gasteiger partial charge in [0.2, 0.25) is 0 Å². The number of benzene rings is 2. The number of carbonyl (C=O) groups excluding carboxylic acids is 1. The number of rotatable bonds is 3. The normalized spacial score (nSPS) is 11.0. The molecule has 0 amide bonds. The van der Waals surface area contributed by atoms with E-state index in [0.29, 0.717) is 16.9 Å². The van der Waals surface area contributed by atoms with Crippen LogP contribution < -0.4 is 5.32 Å². The number of ether oxygens (including phenoxy) is 1. The summed E-state index contributed by atoms with van der Waals surface area (Å²) in [6.45, 7) is 0. The number of alkyl halides is 3. The standard InChI is InChI=1S/C15H12F3NO2/c1-21-14(20)12-4-2-3-5-13(12)19-11-8-6-10(7-9-11)15(16,17)18/h2-9,19H,1H3. The van der Waals surface area contributed by atoms with E-state index in [-0.39, 0.29) is 0 Å². The topological polar surface area (TPSA) is 38.3 Å². The molecule has 0 saturated heterocycles. The summed E-state index contributed by atoms with van der Waals surface area (Å²) in [7, 11) is 1.26. The smallest absolute Gasteiger partial charge is 0.416 e. The minimum absolute atomic E-state index is 0.305. The Hall–Kier alpha value is -2.50. The number of hydrogen-bond donors (Lipinski definition) is 1. The Bertz CT molecular complexity index is 636. The van der Waals surface area contributed by atoms with Crippen molar-refractivity contribution in [3.8, 4) is 0 Å². The second kappa shape index (κ2) is 5.87. The van der Waals surface area contributed by atoms with Crippen molar-refractivity contribution < 1.29 is 22.7 Å². The minimum Gasteiger partial charge on any atom is -0.465 e. The molecule has 0 aliphatic rings. The lowest BCUT2D eigenvalue weighted by molar-refractivity contribution is -0.137. The molecule has 0 aliphatic carbocycles. The van der Waals surface area contributed by atoms with Gasteiger partial charge < -0.3 is 10.1 Å². The molecule has 2 rings (SSSR count). The Morgan fingerprint density at radius 2 is 1.67 bits per heavy atom. The van der Waals surface area contributed by atoms with Crippen molar-refractivity contribution in [2.75, 3.05) is 12.4 Å². The molecule has 0 unspecified atom stereocenters. The van der Waals surface area contributed by atoms with Crippen molar-refractivity contribution in [3.05, 3.63) is 59.7 Å². The molecule has 0 spiro atoms. The zero-order valence-corrected chi connectivity index (χ0v) is 11.1. The molecule has 110 valence electrons. The highest BCUT2D eigenvalue weighted by atomic mass is 19.4. The number of methoxy groups -OCH3 is 1. The van der Waals surface area contributed by atoms with E-state index in [1.54, 1.807) is 24.3 Å². The molecule has 2 aromatic rings. The number of para-hydroxylation sites is 1. The maximum absolute atomic E-state index is 12.5. The second-order valence-corrected chi connectivity index (χ2v) is 4.24. The van der Waals surface area contributed by atoms with E-state index < -0.39 is 17.7 Å². The molecule has 0 radical (unpaired) electrons. The first kappa shape index (κ1) is 14.9. The summed E-state index contributed by atoms with van der Waals surface area (Å²) >= 11 is 0. The molecular formula is C15H12F3NO2. The van der Waals surface area contributed by atoms with Gasteiger partial charge in [0.15, 0.2) is 0 Å². The van der Waals surface area contributed by atoms with Crippen molar-refractivity contribution in [1.82, 2.24) is 0 Å². The average Bonchev–Trinajstić information content (AvgIpc) is 2.46. The number of hydrogen-bond acceptors (Lipinski definition) is 3. The quantitative estimate of drug-likeness (QED) is 0.861. The minimum atomic E-state index is -4.37. The number of esters is 1. The van der Waals surface area contributed by atoms with E-state index in [1.165, 1.54) is 19.2 Å². The summed E-state index contributed by atoms with van der Waals surface area (Å²) in [5.41, 5.74) is 0.484. The van der Waals surface area contributed by atoms with E-state index in [9.17, 15) is 18.0 Å². The van der Waals surface area contributed by atoms with E-state index in [0.717, 1.165) is 12.1 Å². The molecule has 6 heteroatoms. The average molecular weight is 295 g/mol. The van der Waals surface area contributed by atoms with Crippen molar-refractivity contribution in [2.24, 2.45) is 0 Å². The van der Waals surface area contributed by atoms with E-state index in [4.69, 9.17) is 0 Å². The molecule has 21 heavy (non-hydrogen) atoms. The molecule has 3 nitrogen and oxygen atoms in total. The summed E-state index contributed by atoms with van der Waals surface area (Å²) in [4.78, 5) is 11.6. The van der Waals surface area contributed by atoms with Crippen LogP contribution in [0.4, 0.5) is 24.5 Å². The van der Waals surface area contributed by atoms with Gasteiger partial charge in [-0.15, -0.1) is 0 Å². The van der Waals surface area contributed by atoms with Gasteiger partial charge in [0.1, 0.15) is 0 Å². The van der Waals surface area contributed by atoms with Gasteiger partial charge in [-0.25, -0.2) is 4.79 Å². The van der Waals surface area contributed by atoms with Gasteiger partial charge in [-0.05, 0) is 36.4 Å². The van der Waals surface area contributed by atoms with Crippen LogP contribution in [-0.2, 0) is 10.9 Å². The molecule has 0 bridgehead atoms.